The number of nitrogens with zero attached hydrogens (tertiary/aromatic N) is 5. The Balaban J connectivity index is 2.08. The standard InChI is InChI=1S/C13H15N5O3/c1-4-8-5-10(19)17(7-8)12-15-11-9(20-2)6-14-13(21-3)18(11)16-12/h4,6,8H,1,5,7H2,2-3H3. The lowest BCUT2D eigenvalue weighted by Gasteiger charge is -2.09. The van der Waals surface area contributed by atoms with Gasteiger partial charge in [-0.3, -0.25) is 9.69 Å². The summed E-state index contributed by atoms with van der Waals surface area (Å²) in [5.41, 5.74) is 0.453. The summed E-state index contributed by atoms with van der Waals surface area (Å²) < 4.78 is 11.8. The number of hydrogen-bond donors (Lipinski definition) is 0. The average molecular weight is 289 g/mol. The second-order valence-electron chi connectivity index (χ2n) is 4.66. The molecule has 1 saturated heterocycles. The van der Waals surface area contributed by atoms with Crippen LogP contribution in [0.2, 0.25) is 0 Å². The van der Waals surface area contributed by atoms with Crippen molar-refractivity contribution in [1.82, 2.24) is 19.6 Å². The minimum atomic E-state index is -0.0262. The quantitative estimate of drug-likeness (QED) is 0.770. The number of rotatable bonds is 4. The monoisotopic (exact) mass is 289 g/mol. The molecule has 0 saturated carbocycles. The summed E-state index contributed by atoms with van der Waals surface area (Å²) in [7, 11) is 3.01. The van der Waals surface area contributed by atoms with E-state index in [0.717, 1.165) is 0 Å². The number of hydrogen-bond acceptors (Lipinski definition) is 6. The molecule has 0 spiro atoms. The lowest BCUT2D eigenvalue weighted by atomic mass is 10.1. The predicted molar refractivity (Wildman–Crippen MR) is 74.5 cm³/mol. The fourth-order valence-electron chi connectivity index (χ4n) is 2.30. The van der Waals surface area contributed by atoms with E-state index in [1.165, 1.54) is 29.8 Å². The van der Waals surface area contributed by atoms with Crippen molar-refractivity contribution in [2.24, 2.45) is 5.92 Å². The van der Waals surface area contributed by atoms with Crippen LogP contribution in [0.5, 0.6) is 11.8 Å². The van der Waals surface area contributed by atoms with Crippen molar-refractivity contribution < 1.29 is 14.3 Å². The maximum absolute atomic E-state index is 12.0. The van der Waals surface area contributed by atoms with Gasteiger partial charge in [-0.05, 0) is 0 Å². The van der Waals surface area contributed by atoms with Crippen molar-refractivity contribution in [3.63, 3.8) is 0 Å². The van der Waals surface area contributed by atoms with Crippen LogP contribution < -0.4 is 14.4 Å². The van der Waals surface area contributed by atoms with Crippen LogP contribution in [-0.4, -0.2) is 46.3 Å². The van der Waals surface area contributed by atoms with Crippen LogP contribution in [0.25, 0.3) is 5.65 Å². The normalized spacial score (nSPS) is 18.3. The van der Waals surface area contributed by atoms with Crippen molar-refractivity contribution in [2.45, 2.75) is 6.42 Å². The smallest absolute Gasteiger partial charge is 0.319 e. The highest BCUT2D eigenvalue weighted by Gasteiger charge is 2.32. The number of amides is 1. The molecule has 110 valence electrons. The summed E-state index contributed by atoms with van der Waals surface area (Å²) in [6.07, 6.45) is 3.70. The van der Waals surface area contributed by atoms with Crippen LogP contribution >= 0.6 is 0 Å². The topological polar surface area (TPSA) is 81.9 Å². The van der Waals surface area contributed by atoms with Gasteiger partial charge in [0.1, 0.15) is 0 Å². The van der Waals surface area contributed by atoms with E-state index in [1.807, 2.05) is 0 Å². The zero-order valence-electron chi connectivity index (χ0n) is 11.8. The number of aromatic nitrogens is 4. The van der Waals surface area contributed by atoms with E-state index in [4.69, 9.17) is 9.47 Å². The summed E-state index contributed by atoms with van der Waals surface area (Å²) in [6.45, 7) is 4.25. The highest BCUT2D eigenvalue weighted by atomic mass is 16.5. The molecular weight excluding hydrogens is 274 g/mol. The lowest BCUT2D eigenvalue weighted by molar-refractivity contribution is -0.117. The van der Waals surface area contributed by atoms with Crippen LogP contribution in [0.4, 0.5) is 5.95 Å². The van der Waals surface area contributed by atoms with Gasteiger partial charge in [0.25, 0.3) is 5.95 Å². The molecule has 0 N–H and O–H groups in total. The summed E-state index contributed by atoms with van der Waals surface area (Å²) in [5, 5.41) is 4.30. The highest BCUT2D eigenvalue weighted by molar-refractivity contribution is 5.94. The first-order valence-electron chi connectivity index (χ1n) is 6.44. The Morgan fingerprint density at radius 1 is 1.43 bits per heavy atom. The molecule has 21 heavy (non-hydrogen) atoms. The fourth-order valence-corrected chi connectivity index (χ4v) is 2.30. The third-order valence-corrected chi connectivity index (χ3v) is 3.42. The van der Waals surface area contributed by atoms with Gasteiger partial charge in [-0.1, -0.05) is 6.08 Å². The molecule has 1 unspecified atom stereocenters. The van der Waals surface area contributed by atoms with Crippen molar-refractivity contribution >= 4 is 17.5 Å². The number of ether oxygens (including phenoxy) is 2. The molecule has 2 aromatic heterocycles. The molecule has 8 nitrogen and oxygen atoms in total. The maximum Gasteiger partial charge on any atom is 0.319 e. The first-order valence-corrected chi connectivity index (χ1v) is 6.44. The first-order chi connectivity index (χ1) is 10.2. The minimum Gasteiger partial charge on any atom is -0.491 e. The number of methoxy groups -OCH3 is 2. The minimum absolute atomic E-state index is 0.0262. The molecule has 1 aliphatic heterocycles. The summed E-state index contributed by atoms with van der Waals surface area (Å²) in [6, 6.07) is 0.275. The fraction of sp³-hybridized carbons (Fsp3) is 0.385. The average Bonchev–Trinajstić information content (AvgIpc) is 3.09. The van der Waals surface area contributed by atoms with Crippen molar-refractivity contribution in [3.05, 3.63) is 18.9 Å². The third-order valence-electron chi connectivity index (χ3n) is 3.42. The van der Waals surface area contributed by atoms with E-state index in [-0.39, 0.29) is 17.8 Å². The predicted octanol–water partition coefficient (Wildman–Crippen LogP) is 0.680. The number of anilines is 1. The van der Waals surface area contributed by atoms with Crippen LogP contribution in [0.1, 0.15) is 6.42 Å². The van der Waals surface area contributed by atoms with Crippen LogP contribution in [-0.2, 0) is 4.79 Å². The van der Waals surface area contributed by atoms with Crippen molar-refractivity contribution in [1.29, 1.82) is 0 Å². The second kappa shape index (κ2) is 5.04. The van der Waals surface area contributed by atoms with E-state index in [2.05, 4.69) is 21.6 Å². The Labute approximate surface area is 121 Å². The Morgan fingerprint density at radius 3 is 2.86 bits per heavy atom. The Kier molecular flexibility index (Phi) is 3.20. The molecule has 0 aromatic carbocycles. The molecule has 3 heterocycles. The number of fused-ring (bicyclic) bond motifs is 1. The zero-order valence-corrected chi connectivity index (χ0v) is 11.8. The number of carbonyl (C=O) groups excluding carboxylic acids is 1. The molecule has 0 aliphatic carbocycles. The van der Waals surface area contributed by atoms with E-state index < -0.39 is 0 Å². The molecule has 2 aromatic rings. The van der Waals surface area contributed by atoms with Gasteiger partial charge in [0.15, 0.2) is 5.75 Å². The SMILES string of the molecule is C=CC1CC(=O)N(c2nc3c(OC)cnc(OC)n3n2)C1. The molecule has 0 radical (unpaired) electrons. The van der Waals surface area contributed by atoms with Gasteiger partial charge < -0.3 is 9.47 Å². The molecule has 8 heteroatoms. The molecule has 3 rings (SSSR count). The van der Waals surface area contributed by atoms with E-state index >= 15 is 0 Å². The zero-order chi connectivity index (χ0) is 15.0. The van der Waals surface area contributed by atoms with Gasteiger partial charge in [-0.2, -0.15) is 14.5 Å². The van der Waals surface area contributed by atoms with Gasteiger partial charge in [-0.15, -0.1) is 11.7 Å². The van der Waals surface area contributed by atoms with Gasteiger partial charge in [0.2, 0.25) is 11.6 Å². The largest absolute Gasteiger partial charge is 0.491 e. The maximum atomic E-state index is 12.0. The Hall–Kier alpha value is -2.64. The summed E-state index contributed by atoms with van der Waals surface area (Å²) >= 11 is 0. The molecular formula is C13H15N5O3. The van der Waals surface area contributed by atoms with Crippen LogP contribution in [0.15, 0.2) is 18.9 Å². The highest BCUT2D eigenvalue weighted by Crippen LogP contribution is 2.27. The molecule has 1 amide bonds. The lowest BCUT2D eigenvalue weighted by Crippen LogP contribution is -2.25. The number of carbonyl (C=O) groups is 1. The Morgan fingerprint density at radius 2 is 2.24 bits per heavy atom. The van der Waals surface area contributed by atoms with Gasteiger partial charge in [0, 0.05) is 18.9 Å². The van der Waals surface area contributed by atoms with Gasteiger partial charge >= 0.3 is 6.01 Å². The van der Waals surface area contributed by atoms with Crippen molar-refractivity contribution in [3.8, 4) is 11.8 Å². The van der Waals surface area contributed by atoms with E-state index in [1.54, 1.807) is 6.08 Å². The summed E-state index contributed by atoms with van der Waals surface area (Å²) in [5.74, 6) is 0.864. The first kappa shape index (κ1) is 13.3. The van der Waals surface area contributed by atoms with E-state index in [0.29, 0.717) is 30.3 Å². The molecule has 1 atom stereocenters. The van der Waals surface area contributed by atoms with E-state index in [9.17, 15) is 4.79 Å². The van der Waals surface area contributed by atoms with Crippen LogP contribution in [0, 0.1) is 5.92 Å². The third kappa shape index (κ3) is 2.08. The molecule has 1 fully saturated rings. The summed E-state index contributed by atoms with van der Waals surface area (Å²) in [4.78, 5) is 22.0. The van der Waals surface area contributed by atoms with Crippen molar-refractivity contribution in [2.75, 3.05) is 25.7 Å². The van der Waals surface area contributed by atoms with Crippen LogP contribution in [0.3, 0.4) is 0 Å². The molecule has 1 aliphatic rings. The van der Waals surface area contributed by atoms with Gasteiger partial charge in [-0.25, -0.2) is 0 Å². The Bertz CT molecular complexity index is 670. The molecule has 0 bridgehead atoms. The second-order valence-corrected chi connectivity index (χ2v) is 4.66. The van der Waals surface area contributed by atoms with Gasteiger partial charge in [0.05, 0.1) is 20.4 Å².